The molecule has 3 N–H and O–H groups in total. The van der Waals surface area contributed by atoms with Gasteiger partial charge in [-0.2, -0.15) is 11.8 Å². The van der Waals surface area contributed by atoms with Gasteiger partial charge in [0.15, 0.2) is 0 Å². The van der Waals surface area contributed by atoms with Crippen LogP contribution in [0.15, 0.2) is 17.5 Å². The van der Waals surface area contributed by atoms with E-state index in [1.54, 1.807) is 0 Å². The van der Waals surface area contributed by atoms with Gasteiger partial charge in [-0.1, -0.05) is 19.9 Å². The summed E-state index contributed by atoms with van der Waals surface area (Å²) >= 11 is 3.84. The third-order valence-corrected chi connectivity index (χ3v) is 6.11. The van der Waals surface area contributed by atoms with Crippen molar-refractivity contribution in [3.63, 3.8) is 0 Å². The van der Waals surface area contributed by atoms with E-state index >= 15 is 0 Å². The molecule has 1 atom stereocenters. The molecule has 2 nitrogen and oxygen atoms in total. The van der Waals surface area contributed by atoms with Crippen LogP contribution >= 0.6 is 23.1 Å². The summed E-state index contributed by atoms with van der Waals surface area (Å²) in [6.45, 7) is 6.36. The number of nitrogens with two attached hydrogens (primary N) is 1. The van der Waals surface area contributed by atoms with Gasteiger partial charge in [0.1, 0.15) is 0 Å². The largest absolute Gasteiger partial charge is 0.329 e. The Bertz CT molecular complexity index is 348. The summed E-state index contributed by atoms with van der Waals surface area (Å²) in [5, 5.41) is 5.87. The molecular weight excluding hydrogens is 248 g/mol. The van der Waals surface area contributed by atoms with Gasteiger partial charge in [0, 0.05) is 29.3 Å². The molecule has 1 aromatic rings. The van der Waals surface area contributed by atoms with Crippen molar-refractivity contribution in [3.8, 4) is 0 Å². The maximum absolute atomic E-state index is 6.08. The van der Waals surface area contributed by atoms with Gasteiger partial charge in [-0.25, -0.2) is 0 Å². The number of hydrogen-bond acceptors (Lipinski definition) is 4. The van der Waals surface area contributed by atoms with E-state index in [0.717, 1.165) is 18.8 Å². The molecule has 0 bridgehead atoms. The van der Waals surface area contributed by atoms with E-state index in [-0.39, 0.29) is 11.0 Å². The summed E-state index contributed by atoms with van der Waals surface area (Å²) in [6.07, 6.45) is 1.24. The Morgan fingerprint density at radius 3 is 2.88 bits per heavy atom. The van der Waals surface area contributed by atoms with Gasteiger partial charge >= 0.3 is 0 Å². The first-order valence-corrected chi connectivity index (χ1v) is 8.18. The fourth-order valence-corrected chi connectivity index (χ4v) is 4.78. The molecule has 2 heterocycles. The van der Waals surface area contributed by atoms with Crippen LogP contribution in [0.2, 0.25) is 0 Å². The van der Waals surface area contributed by atoms with Crippen molar-refractivity contribution >= 4 is 23.1 Å². The normalized spacial score (nSPS) is 28.2. The summed E-state index contributed by atoms with van der Waals surface area (Å²) in [6, 6.07) is 4.29. The Morgan fingerprint density at radius 2 is 2.29 bits per heavy atom. The van der Waals surface area contributed by atoms with E-state index in [1.165, 1.54) is 17.1 Å². The van der Waals surface area contributed by atoms with Crippen LogP contribution in [0.3, 0.4) is 0 Å². The number of thioether (sulfide) groups is 1. The molecule has 0 saturated carbocycles. The van der Waals surface area contributed by atoms with Gasteiger partial charge < -0.3 is 11.1 Å². The fraction of sp³-hybridized carbons (Fsp3) is 0.692. The zero-order valence-electron chi connectivity index (χ0n) is 10.7. The maximum atomic E-state index is 6.08. The van der Waals surface area contributed by atoms with Crippen molar-refractivity contribution in [3.05, 3.63) is 22.4 Å². The van der Waals surface area contributed by atoms with Gasteiger partial charge in [-0.3, -0.25) is 0 Å². The Morgan fingerprint density at radius 1 is 1.47 bits per heavy atom. The highest BCUT2D eigenvalue weighted by atomic mass is 32.2. The number of thiophene rings is 1. The molecule has 1 aromatic heterocycles. The average Bonchev–Trinajstić information content (AvgIpc) is 2.81. The summed E-state index contributed by atoms with van der Waals surface area (Å²) in [7, 11) is 0. The Labute approximate surface area is 112 Å². The number of hydrogen-bond donors (Lipinski definition) is 2. The van der Waals surface area contributed by atoms with Crippen LogP contribution in [-0.2, 0) is 6.54 Å². The minimum atomic E-state index is 0.0832. The smallest absolute Gasteiger partial charge is 0.0450 e. The second kappa shape index (κ2) is 5.31. The van der Waals surface area contributed by atoms with Crippen molar-refractivity contribution in [1.29, 1.82) is 0 Å². The first-order chi connectivity index (χ1) is 8.10. The molecule has 1 fully saturated rings. The average molecular weight is 270 g/mol. The fourth-order valence-electron chi connectivity index (χ4n) is 2.38. The lowest BCUT2D eigenvalue weighted by atomic mass is 9.71. The van der Waals surface area contributed by atoms with E-state index in [0.29, 0.717) is 0 Å². The van der Waals surface area contributed by atoms with Gasteiger partial charge in [0.05, 0.1) is 0 Å². The third-order valence-electron chi connectivity index (χ3n) is 4.04. The topological polar surface area (TPSA) is 38.0 Å². The van der Waals surface area contributed by atoms with Gasteiger partial charge in [0.2, 0.25) is 0 Å². The zero-order chi connectivity index (χ0) is 12.4. The third kappa shape index (κ3) is 2.70. The van der Waals surface area contributed by atoms with E-state index < -0.39 is 0 Å². The lowest BCUT2D eigenvalue weighted by Crippen LogP contribution is -2.64. The van der Waals surface area contributed by atoms with Gasteiger partial charge in [-0.05, 0) is 29.0 Å². The highest BCUT2D eigenvalue weighted by Gasteiger charge is 2.45. The van der Waals surface area contributed by atoms with E-state index in [1.807, 2.05) is 23.1 Å². The summed E-state index contributed by atoms with van der Waals surface area (Å²) in [4.78, 5) is 1.39. The van der Waals surface area contributed by atoms with Crippen LogP contribution in [0.1, 0.15) is 25.1 Å². The lowest BCUT2D eigenvalue weighted by Gasteiger charge is -2.50. The molecule has 2 rings (SSSR count). The van der Waals surface area contributed by atoms with Crippen molar-refractivity contribution in [2.24, 2.45) is 11.1 Å². The summed E-state index contributed by atoms with van der Waals surface area (Å²) in [5.41, 5.74) is 6.45. The van der Waals surface area contributed by atoms with Crippen molar-refractivity contribution in [2.75, 3.05) is 18.1 Å². The minimum absolute atomic E-state index is 0.0832. The molecule has 96 valence electrons. The molecule has 1 aliphatic heterocycles. The van der Waals surface area contributed by atoms with Crippen LogP contribution in [-0.4, -0.2) is 23.6 Å². The molecule has 4 heteroatoms. The molecule has 1 unspecified atom stereocenters. The standard InChI is InChI=1S/C13H22N2S2/c1-12(2)5-7-16-10-13(12,9-14)15-8-11-4-3-6-17-11/h3-4,6,15H,5,7-10,14H2,1-2H3. The predicted molar refractivity (Wildman–Crippen MR) is 78.7 cm³/mol. The van der Waals surface area contributed by atoms with Crippen LogP contribution in [0.5, 0.6) is 0 Å². The van der Waals surface area contributed by atoms with Crippen molar-refractivity contribution in [2.45, 2.75) is 32.4 Å². The van der Waals surface area contributed by atoms with Gasteiger partial charge in [0.25, 0.3) is 0 Å². The second-order valence-electron chi connectivity index (χ2n) is 5.41. The van der Waals surface area contributed by atoms with Crippen LogP contribution < -0.4 is 11.1 Å². The summed E-state index contributed by atoms with van der Waals surface area (Å²) in [5.74, 6) is 2.39. The quantitative estimate of drug-likeness (QED) is 0.883. The lowest BCUT2D eigenvalue weighted by molar-refractivity contribution is 0.135. The predicted octanol–water partition coefficient (Wildman–Crippen LogP) is 2.70. The Balaban J connectivity index is 2.07. The van der Waals surface area contributed by atoms with Crippen LogP contribution in [0.25, 0.3) is 0 Å². The molecule has 1 saturated heterocycles. The minimum Gasteiger partial charge on any atom is -0.329 e. The number of nitrogens with one attached hydrogen (secondary N) is 1. The van der Waals surface area contributed by atoms with E-state index in [2.05, 4.69) is 36.7 Å². The SMILES string of the molecule is CC1(C)CCSCC1(CN)NCc1cccs1. The highest BCUT2D eigenvalue weighted by molar-refractivity contribution is 7.99. The molecular formula is C13H22N2S2. The molecule has 0 amide bonds. The molecule has 0 radical (unpaired) electrons. The zero-order valence-corrected chi connectivity index (χ0v) is 12.3. The molecule has 1 aliphatic rings. The molecule has 0 aliphatic carbocycles. The van der Waals surface area contributed by atoms with Crippen LogP contribution in [0.4, 0.5) is 0 Å². The van der Waals surface area contributed by atoms with Crippen LogP contribution in [0, 0.1) is 5.41 Å². The first-order valence-electron chi connectivity index (χ1n) is 6.15. The maximum Gasteiger partial charge on any atom is 0.0450 e. The van der Waals surface area contributed by atoms with Gasteiger partial charge in [-0.15, -0.1) is 11.3 Å². The Kier molecular flexibility index (Phi) is 4.18. The monoisotopic (exact) mass is 270 g/mol. The van der Waals surface area contributed by atoms with Crippen molar-refractivity contribution in [1.82, 2.24) is 5.32 Å². The Hall–Kier alpha value is -0.0300. The first kappa shape index (κ1) is 13.4. The van der Waals surface area contributed by atoms with E-state index in [9.17, 15) is 0 Å². The number of rotatable bonds is 4. The second-order valence-corrected chi connectivity index (χ2v) is 7.54. The summed E-state index contributed by atoms with van der Waals surface area (Å²) < 4.78 is 0. The molecule has 0 spiro atoms. The van der Waals surface area contributed by atoms with E-state index in [4.69, 9.17) is 5.73 Å². The molecule has 0 aromatic carbocycles. The molecule has 17 heavy (non-hydrogen) atoms. The highest BCUT2D eigenvalue weighted by Crippen LogP contribution is 2.41. The van der Waals surface area contributed by atoms with Crippen molar-refractivity contribution < 1.29 is 0 Å².